The van der Waals surface area contributed by atoms with Crippen molar-refractivity contribution in [2.75, 3.05) is 0 Å². The van der Waals surface area contributed by atoms with Gasteiger partial charge in [-0.15, -0.1) is 0 Å². The highest BCUT2D eigenvalue weighted by Crippen LogP contribution is 2.20. The first-order valence-corrected chi connectivity index (χ1v) is 8.62. The first-order valence-electron chi connectivity index (χ1n) is 7.21. The molecule has 0 aromatic heterocycles. The Morgan fingerprint density at radius 3 is 2.33 bits per heavy atom. The molecule has 1 aliphatic carbocycles. The normalized spacial score (nSPS) is 16.6. The van der Waals surface area contributed by atoms with Crippen LogP contribution in [0.1, 0.15) is 26.3 Å². The zero-order valence-electron chi connectivity index (χ0n) is 13.5. The van der Waals surface area contributed by atoms with Gasteiger partial charge in [0, 0.05) is 5.57 Å². The van der Waals surface area contributed by atoms with Crippen molar-refractivity contribution in [2.24, 2.45) is 11.1 Å². The summed E-state index contributed by atoms with van der Waals surface area (Å²) in [6.07, 6.45) is 2.95. The maximum absolute atomic E-state index is 12.1. The zero-order chi connectivity index (χ0) is 17.9. The van der Waals surface area contributed by atoms with E-state index in [9.17, 15) is 13.2 Å². The summed E-state index contributed by atoms with van der Waals surface area (Å²) in [5, 5.41) is 12.4. The summed E-state index contributed by atoms with van der Waals surface area (Å²) in [4.78, 5) is 11.8. The number of hydrogen-bond acceptors (Lipinski definition) is 6. The van der Waals surface area contributed by atoms with Crippen LogP contribution in [0, 0.1) is 17.2 Å². The van der Waals surface area contributed by atoms with Crippen LogP contribution in [0.2, 0.25) is 0 Å². The number of allylic oxidation sites excluding steroid dienone is 4. The van der Waals surface area contributed by atoms with Gasteiger partial charge >= 0.3 is 10.1 Å². The van der Waals surface area contributed by atoms with Crippen LogP contribution in [0.15, 0.2) is 57.6 Å². The predicted molar refractivity (Wildman–Crippen MR) is 88.5 cm³/mol. The molecule has 0 aliphatic heterocycles. The SMILES string of the molecule is CC1=CC(=O)C(C(C)C)=C/C1=N/OS(=O)(=O)c1ccc(C#N)cc1. The standard InChI is InChI=1S/C17H16N2O4S/c1-11(2)15-9-16(12(3)8-17(15)20)19-23-24(21,22)14-6-4-13(10-18)5-7-14/h4-9,11H,1-3H3/b19-16-. The molecule has 0 heterocycles. The summed E-state index contributed by atoms with van der Waals surface area (Å²) >= 11 is 0. The number of hydrogen-bond donors (Lipinski definition) is 0. The monoisotopic (exact) mass is 344 g/mol. The average molecular weight is 344 g/mol. The average Bonchev–Trinajstić information content (AvgIpc) is 2.53. The first-order chi connectivity index (χ1) is 11.2. The Balaban J connectivity index is 2.29. The molecule has 0 amide bonds. The van der Waals surface area contributed by atoms with Crippen LogP contribution in [-0.2, 0) is 19.2 Å². The van der Waals surface area contributed by atoms with Crippen LogP contribution in [-0.4, -0.2) is 19.9 Å². The van der Waals surface area contributed by atoms with Gasteiger partial charge in [-0.2, -0.15) is 13.7 Å². The lowest BCUT2D eigenvalue weighted by Gasteiger charge is -2.14. The largest absolute Gasteiger partial charge is 0.358 e. The molecular weight excluding hydrogens is 328 g/mol. The number of nitrogens with zero attached hydrogens (tertiary/aromatic N) is 2. The van der Waals surface area contributed by atoms with Gasteiger partial charge in [0.1, 0.15) is 10.6 Å². The Bertz CT molecular complexity index is 899. The topological polar surface area (TPSA) is 96.6 Å². The van der Waals surface area contributed by atoms with Gasteiger partial charge in [-0.1, -0.05) is 19.0 Å². The van der Waals surface area contributed by atoms with Crippen LogP contribution >= 0.6 is 0 Å². The summed E-state index contributed by atoms with van der Waals surface area (Å²) < 4.78 is 29.0. The van der Waals surface area contributed by atoms with E-state index in [-0.39, 0.29) is 22.3 Å². The molecule has 0 bridgehead atoms. The van der Waals surface area contributed by atoms with E-state index in [0.717, 1.165) is 0 Å². The highest BCUT2D eigenvalue weighted by atomic mass is 32.2. The zero-order valence-corrected chi connectivity index (χ0v) is 14.3. The molecular formula is C17H16N2O4S. The van der Waals surface area contributed by atoms with E-state index >= 15 is 0 Å². The Hall–Kier alpha value is -2.72. The van der Waals surface area contributed by atoms with Crippen molar-refractivity contribution in [1.29, 1.82) is 5.26 Å². The molecule has 0 fully saturated rings. The quantitative estimate of drug-likeness (QED) is 0.618. The lowest BCUT2D eigenvalue weighted by molar-refractivity contribution is -0.111. The Morgan fingerprint density at radius 1 is 1.17 bits per heavy atom. The van der Waals surface area contributed by atoms with Gasteiger partial charge in [0.05, 0.1) is 11.6 Å². The van der Waals surface area contributed by atoms with Crippen LogP contribution in [0.3, 0.4) is 0 Å². The highest BCUT2D eigenvalue weighted by Gasteiger charge is 2.21. The molecule has 0 saturated carbocycles. The number of rotatable bonds is 4. The second-order valence-corrected chi connectivity index (χ2v) is 7.12. The third kappa shape index (κ3) is 3.78. The number of benzene rings is 1. The fraction of sp³-hybridized carbons (Fsp3) is 0.235. The first kappa shape index (κ1) is 17.6. The van der Waals surface area contributed by atoms with Crippen molar-refractivity contribution in [3.05, 3.63) is 53.1 Å². The van der Waals surface area contributed by atoms with Crippen molar-refractivity contribution < 1.29 is 17.5 Å². The second kappa shape index (κ2) is 6.81. The van der Waals surface area contributed by atoms with E-state index in [0.29, 0.717) is 16.7 Å². The molecule has 124 valence electrons. The lowest BCUT2D eigenvalue weighted by atomic mass is 9.90. The molecule has 0 unspecified atom stereocenters. The summed E-state index contributed by atoms with van der Waals surface area (Å²) in [5.74, 6) is -0.126. The molecule has 0 saturated heterocycles. The van der Waals surface area contributed by atoms with E-state index in [1.54, 1.807) is 6.92 Å². The van der Waals surface area contributed by atoms with Gasteiger partial charge in [0.15, 0.2) is 5.78 Å². The molecule has 1 aromatic carbocycles. The Kier molecular flexibility index (Phi) is 5.00. The number of ketones is 1. The maximum Gasteiger partial charge on any atom is 0.358 e. The Morgan fingerprint density at radius 2 is 1.79 bits per heavy atom. The van der Waals surface area contributed by atoms with E-state index in [4.69, 9.17) is 9.55 Å². The number of carbonyl (C=O) groups excluding carboxylic acids is 1. The maximum atomic E-state index is 12.1. The third-order valence-corrected chi connectivity index (χ3v) is 4.58. The van der Waals surface area contributed by atoms with Crippen molar-refractivity contribution in [1.82, 2.24) is 0 Å². The number of nitriles is 1. The Labute approximate surface area is 140 Å². The number of oxime groups is 1. The van der Waals surface area contributed by atoms with E-state index in [2.05, 4.69) is 5.16 Å². The molecule has 0 N–H and O–H groups in total. The number of carbonyl (C=O) groups is 1. The van der Waals surface area contributed by atoms with Gasteiger partial charge < -0.3 is 0 Å². The second-order valence-electron chi connectivity index (χ2n) is 5.59. The van der Waals surface area contributed by atoms with E-state index in [1.807, 2.05) is 19.9 Å². The van der Waals surface area contributed by atoms with Gasteiger partial charge in [-0.25, -0.2) is 0 Å². The third-order valence-electron chi connectivity index (χ3n) is 3.46. The van der Waals surface area contributed by atoms with Gasteiger partial charge in [-0.3, -0.25) is 9.08 Å². The smallest absolute Gasteiger partial charge is 0.290 e. The van der Waals surface area contributed by atoms with Gasteiger partial charge in [0.2, 0.25) is 0 Å². The van der Waals surface area contributed by atoms with Crippen LogP contribution in [0.4, 0.5) is 0 Å². The van der Waals surface area contributed by atoms with Gasteiger partial charge in [0.25, 0.3) is 0 Å². The highest BCUT2D eigenvalue weighted by molar-refractivity contribution is 7.86. The fourth-order valence-corrected chi connectivity index (χ4v) is 2.80. The van der Waals surface area contributed by atoms with Crippen LogP contribution in [0.25, 0.3) is 0 Å². The lowest BCUT2D eigenvalue weighted by Crippen LogP contribution is -2.16. The van der Waals surface area contributed by atoms with Crippen LogP contribution < -0.4 is 0 Å². The summed E-state index contributed by atoms with van der Waals surface area (Å²) in [6.45, 7) is 5.39. The molecule has 0 spiro atoms. The molecule has 7 heteroatoms. The van der Waals surface area contributed by atoms with E-state index < -0.39 is 10.1 Å². The molecule has 1 aliphatic rings. The molecule has 0 radical (unpaired) electrons. The van der Waals surface area contributed by atoms with E-state index in [1.165, 1.54) is 36.4 Å². The summed E-state index contributed by atoms with van der Waals surface area (Å²) in [7, 11) is -4.10. The summed E-state index contributed by atoms with van der Waals surface area (Å²) in [5.41, 5.74) is 1.70. The molecule has 6 nitrogen and oxygen atoms in total. The molecule has 2 rings (SSSR count). The minimum atomic E-state index is -4.10. The van der Waals surface area contributed by atoms with Crippen LogP contribution in [0.5, 0.6) is 0 Å². The minimum absolute atomic E-state index is 0.0119. The predicted octanol–water partition coefficient (Wildman–Crippen LogP) is 2.73. The van der Waals surface area contributed by atoms with Gasteiger partial charge in [-0.05, 0) is 54.8 Å². The van der Waals surface area contributed by atoms with Crippen molar-refractivity contribution in [3.63, 3.8) is 0 Å². The fourth-order valence-electron chi connectivity index (χ4n) is 2.06. The van der Waals surface area contributed by atoms with Crippen molar-refractivity contribution in [2.45, 2.75) is 25.7 Å². The van der Waals surface area contributed by atoms with Crippen molar-refractivity contribution >= 4 is 21.6 Å². The minimum Gasteiger partial charge on any atom is -0.290 e. The molecule has 24 heavy (non-hydrogen) atoms. The van der Waals surface area contributed by atoms with Crippen molar-refractivity contribution in [3.8, 4) is 6.07 Å². The summed E-state index contributed by atoms with van der Waals surface area (Å²) in [6, 6.07) is 7.21. The molecule has 1 aromatic rings. The molecule has 0 atom stereocenters.